The van der Waals surface area contributed by atoms with Gasteiger partial charge in [-0.2, -0.15) is 0 Å². The molecule has 2 heterocycles. The van der Waals surface area contributed by atoms with Gasteiger partial charge in [0.05, 0.1) is 12.7 Å². The van der Waals surface area contributed by atoms with Gasteiger partial charge >= 0.3 is 0 Å². The number of ether oxygens (including phenoxy) is 2. The molecule has 4 atom stereocenters. The van der Waals surface area contributed by atoms with E-state index in [1.165, 1.54) is 0 Å². The van der Waals surface area contributed by atoms with Crippen molar-refractivity contribution < 1.29 is 19.7 Å². The summed E-state index contributed by atoms with van der Waals surface area (Å²) in [5.41, 5.74) is 0. The molecule has 4 heteroatoms. The smallest absolute Gasteiger partial charge is 0.184 e. The van der Waals surface area contributed by atoms with Crippen molar-refractivity contribution in [2.45, 2.75) is 31.0 Å². The highest BCUT2D eigenvalue weighted by molar-refractivity contribution is 4.85. The maximum Gasteiger partial charge on any atom is 0.184 e. The predicted octanol–water partition coefficient (Wildman–Crippen LogP) is -1.15. The molecule has 0 aromatic rings. The molecule has 2 fully saturated rings. The second-order valence-corrected chi connectivity index (χ2v) is 2.75. The number of hydrogen-bond donors (Lipinski definition) is 2. The SMILES string of the molecule is OC1CC(O)C2OCC1O2. The van der Waals surface area contributed by atoms with E-state index in [1.54, 1.807) is 0 Å². The zero-order valence-electron chi connectivity index (χ0n) is 5.43. The van der Waals surface area contributed by atoms with E-state index < -0.39 is 18.5 Å². The molecular weight excluding hydrogens is 136 g/mol. The van der Waals surface area contributed by atoms with Gasteiger partial charge < -0.3 is 19.7 Å². The van der Waals surface area contributed by atoms with Crippen LogP contribution in [0, 0.1) is 0 Å². The summed E-state index contributed by atoms with van der Waals surface area (Å²) < 4.78 is 10.1. The van der Waals surface area contributed by atoms with E-state index in [0.717, 1.165) is 0 Å². The Morgan fingerprint density at radius 1 is 1.20 bits per heavy atom. The Kier molecular flexibility index (Phi) is 1.42. The normalized spacial score (nSPS) is 53.4. The molecule has 10 heavy (non-hydrogen) atoms. The van der Waals surface area contributed by atoms with E-state index >= 15 is 0 Å². The Hall–Kier alpha value is -0.160. The van der Waals surface area contributed by atoms with Crippen LogP contribution in [0.4, 0.5) is 0 Å². The van der Waals surface area contributed by atoms with Crippen LogP contribution in [-0.4, -0.2) is 41.4 Å². The number of rotatable bonds is 0. The summed E-state index contributed by atoms with van der Waals surface area (Å²) in [7, 11) is 0. The van der Waals surface area contributed by atoms with Crippen molar-refractivity contribution in [3.8, 4) is 0 Å². The molecular formula is C6H10O4. The van der Waals surface area contributed by atoms with Crippen LogP contribution < -0.4 is 0 Å². The molecule has 0 radical (unpaired) electrons. The van der Waals surface area contributed by atoms with Gasteiger partial charge in [0.25, 0.3) is 0 Å². The topological polar surface area (TPSA) is 58.9 Å². The summed E-state index contributed by atoms with van der Waals surface area (Å²) in [5.74, 6) is 0. The lowest BCUT2D eigenvalue weighted by atomic mass is 10.1. The van der Waals surface area contributed by atoms with E-state index in [2.05, 4.69) is 0 Å². The Morgan fingerprint density at radius 2 is 2.00 bits per heavy atom. The van der Waals surface area contributed by atoms with Gasteiger partial charge in [-0.15, -0.1) is 0 Å². The second-order valence-electron chi connectivity index (χ2n) is 2.75. The summed E-state index contributed by atoms with van der Waals surface area (Å²) in [6, 6.07) is 0. The van der Waals surface area contributed by atoms with Gasteiger partial charge in [0, 0.05) is 6.42 Å². The van der Waals surface area contributed by atoms with Crippen LogP contribution in [-0.2, 0) is 9.47 Å². The molecule has 4 nitrogen and oxygen atoms in total. The van der Waals surface area contributed by atoms with Crippen LogP contribution in [0.2, 0.25) is 0 Å². The molecule has 0 saturated carbocycles. The van der Waals surface area contributed by atoms with Gasteiger partial charge in [-0.3, -0.25) is 0 Å². The fourth-order valence-corrected chi connectivity index (χ4v) is 1.35. The predicted molar refractivity (Wildman–Crippen MR) is 31.2 cm³/mol. The molecule has 2 saturated heterocycles. The number of aliphatic hydroxyl groups is 2. The van der Waals surface area contributed by atoms with Crippen molar-refractivity contribution in [2.75, 3.05) is 6.61 Å². The van der Waals surface area contributed by atoms with Gasteiger partial charge in [-0.25, -0.2) is 0 Å². The monoisotopic (exact) mass is 146 g/mol. The van der Waals surface area contributed by atoms with Gasteiger partial charge in [0.2, 0.25) is 0 Å². The Bertz CT molecular complexity index is 124. The molecule has 2 aliphatic heterocycles. The molecule has 2 aliphatic rings. The first kappa shape index (κ1) is 6.54. The quantitative estimate of drug-likeness (QED) is 0.453. The van der Waals surface area contributed by atoms with Gasteiger partial charge in [0.15, 0.2) is 6.29 Å². The lowest BCUT2D eigenvalue weighted by Crippen LogP contribution is -2.41. The third-order valence-electron chi connectivity index (χ3n) is 1.96. The summed E-state index contributed by atoms with van der Waals surface area (Å²) >= 11 is 0. The van der Waals surface area contributed by atoms with E-state index in [4.69, 9.17) is 14.6 Å². The fourth-order valence-electron chi connectivity index (χ4n) is 1.35. The van der Waals surface area contributed by atoms with Crippen molar-refractivity contribution in [2.24, 2.45) is 0 Å². The highest BCUT2D eigenvalue weighted by Crippen LogP contribution is 2.27. The van der Waals surface area contributed by atoms with Crippen molar-refractivity contribution in [1.82, 2.24) is 0 Å². The average Bonchev–Trinajstić information content (AvgIpc) is 2.28. The maximum absolute atomic E-state index is 9.20. The molecule has 4 unspecified atom stereocenters. The molecule has 0 aromatic carbocycles. The molecule has 2 N–H and O–H groups in total. The molecule has 2 bridgehead atoms. The van der Waals surface area contributed by atoms with E-state index in [-0.39, 0.29) is 6.10 Å². The largest absolute Gasteiger partial charge is 0.390 e. The zero-order valence-corrected chi connectivity index (χ0v) is 5.43. The summed E-state index contributed by atoms with van der Waals surface area (Å²) in [6.45, 7) is 0.406. The van der Waals surface area contributed by atoms with Gasteiger partial charge in [-0.1, -0.05) is 0 Å². The first-order valence-electron chi connectivity index (χ1n) is 3.40. The standard InChI is InChI=1S/C6H10O4/c7-3-1-4(8)6-9-2-5(3)10-6/h3-8H,1-2H2. The molecule has 58 valence electrons. The van der Waals surface area contributed by atoms with Crippen molar-refractivity contribution in [3.63, 3.8) is 0 Å². The van der Waals surface area contributed by atoms with E-state index in [0.29, 0.717) is 13.0 Å². The molecule has 0 spiro atoms. The fraction of sp³-hybridized carbons (Fsp3) is 1.00. The van der Waals surface area contributed by atoms with Crippen LogP contribution in [0.3, 0.4) is 0 Å². The minimum Gasteiger partial charge on any atom is -0.390 e. The lowest BCUT2D eigenvalue weighted by Gasteiger charge is -2.27. The summed E-state index contributed by atoms with van der Waals surface area (Å²) in [6.07, 6.45) is -1.56. The summed E-state index contributed by atoms with van der Waals surface area (Å²) in [5, 5.41) is 18.4. The van der Waals surface area contributed by atoms with Gasteiger partial charge in [0.1, 0.15) is 12.2 Å². The first-order chi connectivity index (χ1) is 4.77. The van der Waals surface area contributed by atoms with Crippen molar-refractivity contribution >= 4 is 0 Å². The molecule has 2 rings (SSSR count). The second kappa shape index (κ2) is 2.17. The van der Waals surface area contributed by atoms with Crippen molar-refractivity contribution in [3.05, 3.63) is 0 Å². The minimum absolute atomic E-state index is 0.214. The van der Waals surface area contributed by atoms with Crippen molar-refractivity contribution in [1.29, 1.82) is 0 Å². The Labute approximate surface area is 58.4 Å². The highest BCUT2D eigenvalue weighted by atomic mass is 16.7. The third-order valence-corrected chi connectivity index (χ3v) is 1.96. The van der Waals surface area contributed by atoms with Gasteiger partial charge in [-0.05, 0) is 0 Å². The molecule has 0 aliphatic carbocycles. The highest BCUT2D eigenvalue weighted by Gasteiger charge is 2.42. The third kappa shape index (κ3) is 0.845. The minimum atomic E-state index is -0.659. The summed E-state index contributed by atoms with van der Waals surface area (Å²) in [4.78, 5) is 0. The van der Waals surface area contributed by atoms with Crippen LogP contribution in [0.5, 0.6) is 0 Å². The van der Waals surface area contributed by atoms with E-state index in [1.807, 2.05) is 0 Å². The number of aliphatic hydroxyl groups excluding tert-OH is 2. The van der Waals surface area contributed by atoms with Crippen LogP contribution in [0.1, 0.15) is 6.42 Å². The van der Waals surface area contributed by atoms with Crippen LogP contribution >= 0.6 is 0 Å². The Balaban J connectivity index is 2.09. The van der Waals surface area contributed by atoms with Crippen LogP contribution in [0.15, 0.2) is 0 Å². The molecule has 0 aromatic heterocycles. The average molecular weight is 146 g/mol. The number of fused-ring (bicyclic) bond motifs is 2. The molecule has 0 amide bonds. The lowest BCUT2D eigenvalue weighted by molar-refractivity contribution is -0.181. The number of hydrogen-bond acceptors (Lipinski definition) is 4. The Morgan fingerprint density at radius 3 is 2.80 bits per heavy atom. The first-order valence-corrected chi connectivity index (χ1v) is 3.40. The zero-order chi connectivity index (χ0) is 7.14. The van der Waals surface area contributed by atoms with E-state index in [9.17, 15) is 5.11 Å². The van der Waals surface area contributed by atoms with Crippen LogP contribution in [0.25, 0.3) is 0 Å². The maximum atomic E-state index is 9.20.